The number of hydrogen-bond acceptors (Lipinski definition) is 6. The molecule has 2 aliphatic heterocycles. The summed E-state index contributed by atoms with van der Waals surface area (Å²) in [4.78, 5) is 40.4. The molecule has 2 heterocycles. The van der Waals surface area contributed by atoms with Gasteiger partial charge in [0, 0.05) is 18.2 Å². The topological polar surface area (TPSA) is 106 Å². The van der Waals surface area contributed by atoms with Gasteiger partial charge < -0.3 is 24.8 Å². The van der Waals surface area contributed by atoms with Crippen LogP contribution < -0.4 is 20.1 Å². The fourth-order valence-corrected chi connectivity index (χ4v) is 4.02. The Bertz CT molecular complexity index is 1130. The summed E-state index contributed by atoms with van der Waals surface area (Å²) >= 11 is 0. The average Bonchev–Trinajstić information content (AvgIpc) is 2.82. The van der Waals surface area contributed by atoms with Crippen molar-refractivity contribution in [2.75, 3.05) is 18.5 Å². The number of benzene rings is 2. The average molecular weight is 482 g/mol. The van der Waals surface area contributed by atoms with Crippen molar-refractivity contribution < 1.29 is 28.6 Å². The highest BCUT2D eigenvalue weighted by Gasteiger charge is 2.37. The van der Waals surface area contributed by atoms with Gasteiger partial charge in [-0.2, -0.15) is 0 Å². The maximum absolute atomic E-state index is 13.3. The minimum Gasteiger partial charge on any atom is -0.486 e. The first-order valence-electron chi connectivity index (χ1n) is 11.7. The summed E-state index contributed by atoms with van der Waals surface area (Å²) in [5.74, 6) is 0.361. The standard InChI is InChI=1S/C26H31N3O6/c1-16(23(30)28-19-9-10-21-22(14-19)34-12-11-33-21)27-24(31)20-13-17-7-5-6-8-18(17)15-29(20)25(32)35-26(2,3)4/h5-10,14,16,20H,11-13,15H2,1-4H3,(H,27,31)(H,28,30)/t16-,20+/m1/s1. The zero-order chi connectivity index (χ0) is 25.2. The van der Waals surface area contributed by atoms with E-state index < -0.39 is 35.6 Å². The predicted molar refractivity (Wildman–Crippen MR) is 129 cm³/mol. The van der Waals surface area contributed by atoms with Gasteiger partial charge in [0.05, 0.1) is 6.54 Å². The number of rotatable bonds is 4. The Morgan fingerprint density at radius 1 is 1.03 bits per heavy atom. The van der Waals surface area contributed by atoms with Gasteiger partial charge in [0.25, 0.3) is 0 Å². The van der Waals surface area contributed by atoms with Crippen molar-refractivity contribution in [2.24, 2.45) is 0 Å². The minimum absolute atomic E-state index is 0.251. The highest BCUT2D eigenvalue weighted by Crippen LogP contribution is 2.32. The number of nitrogens with one attached hydrogen (secondary N) is 2. The van der Waals surface area contributed by atoms with E-state index in [9.17, 15) is 14.4 Å². The molecule has 2 aliphatic rings. The van der Waals surface area contributed by atoms with Gasteiger partial charge in [0.15, 0.2) is 11.5 Å². The van der Waals surface area contributed by atoms with E-state index in [4.69, 9.17) is 14.2 Å². The van der Waals surface area contributed by atoms with E-state index in [2.05, 4.69) is 10.6 Å². The van der Waals surface area contributed by atoms with Crippen LogP contribution in [0.3, 0.4) is 0 Å². The second kappa shape index (κ2) is 9.85. The first-order valence-corrected chi connectivity index (χ1v) is 11.7. The van der Waals surface area contributed by atoms with Crippen LogP contribution in [0, 0.1) is 0 Å². The van der Waals surface area contributed by atoms with E-state index in [-0.39, 0.29) is 6.54 Å². The molecule has 3 amide bonds. The number of amides is 3. The highest BCUT2D eigenvalue weighted by atomic mass is 16.6. The Balaban J connectivity index is 1.45. The Hall–Kier alpha value is -3.75. The first-order chi connectivity index (χ1) is 16.6. The van der Waals surface area contributed by atoms with Gasteiger partial charge in [0.1, 0.15) is 30.9 Å². The monoisotopic (exact) mass is 481 g/mol. The smallest absolute Gasteiger partial charge is 0.411 e. The van der Waals surface area contributed by atoms with Crippen molar-refractivity contribution in [3.63, 3.8) is 0 Å². The van der Waals surface area contributed by atoms with E-state index in [1.54, 1.807) is 45.9 Å². The Morgan fingerprint density at radius 2 is 1.71 bits per heavy atom. The zero-order valence-corrected chi connectivity index (χ0v) is 20.4. The third-order valence-electron chi connectivity index (χ3n) is 5.74. The van der Waals surface area contributed by atoms with Gasteiger partial charge in [-0.3, -0.25) is 14.5 Å². The largest absolute Gasteiger partial charge is 0.486 e. The summed E-state index contributed by atoms with van der Waals surface area (Å²) in [6.45, 7) is 8.11. The molecule has 0 unspecified atom stereocenters. The van der Waals surface area contributed by atoms with Crippen LogP contribution >= 0.6 is 0 Å². The molecule has 0 bridgehead atoms. The Labute approximate surface area is 204 Å². The Morgan fingerprint density at radius 3 is 2.43 bits per heavy atom. The van der Waals surface area contributed by atoms with E-state index >= 15 is 0 Å². The molecule has 0 spiro atoms. The van der Waals surface area contributed by atoms with Crippen LogP contribution in [-0.2, 0) is 27.3 Å². The van der Waals surface area contributed by atoms with Crippen molar-refractivity contribution in [3.8, 4) is 11.5 Å². The van der Waals surface area contributed by atoms with Gasteiger partial charge in [-0.15, -0.1) is 0 Å². The van der Waals surface area contributed by atoms with Crippen molar-refractivity contribution in [2.45, 2.75) is 58.3 Å². The second-order valence-corrected chi connectivity index (χ2v) is 9.67. The molecule has 9 heteroatoms. The summed E-state index contributed by atoms with van der Waals surface area (Å²) in [7, 11) is 0. The molecule has 0 saturated carbocycles. The van der Waals surface area contributed by atoms with E-state index in [1.807, 2.05) is 24.3 Å². The van der Waals surface area contributed by atoms with E-state index in [1.165, 1.54) is 4.90 Å². The summed E-state index contributed by atoms with van der Waals surface area (Å²) < 4.78 is 16.6. The fourth-order valence-electron chi connectivity index (χ4n) is 4.02. The molecule has 0 radical (unpaired) electrons. The van der Waals surface area contributed by atoms with Gasteiger partial charge in [-0.25, -0.2) is 4.79 Å². The molecule has 2 aromatic rings. The van der Waals surface area contributed by atoms with Gasteiger partial charge in [0.2, 0.25) is 11.8 Å². The highest BCUT2D eigenvalue weighted by molar-refractivity contribution is 5.98. The van der Waals surface area contributed by atoms with Crippen molar-refractivity contribution >= 4 is 23.6 Å². The predicted octanol–water partition coefficient (Wildman–Crippen LogP) is 3.26. The van der Waals surface area contributed by atoms with E-state index in [0.29, 0.717) is 36.8 Å². The summed E-state index contributed by atoms with van der Waals surface area (Å²) in [6.07, 6.45) is -0.238. The Kier molecular flexibility index (Phi) is 6.86. The van der Waals surface area contributed by atoms with Crippen LogP contribution in [0.1, 0.15) is 38.8 Å². The third kappa shape index (κ3) is 5.85. The number of anilines is 1. The lowest BCUT2D eigenvalue weighted by Gasteiger charge is -2.37. The molecule has 0 saturated heterocycles. The minimum atomic E-state index is -0.839. The number of fused-ring (bicyclic) bond motifs is 2. The van der Waals surface area contributed by atoms with Gasteiger partial charge in [-0.05, 0) is 51.0 Å². The molecular formula is C26H31N3O6. The number of nitrogens with zero attached hydrogens (tertiary/aromatic N) is 1. The lowest BCUT2D eigenvalue weighted by atomic mass is 9.93. The number of hydrogen-bond donors (Lipinski definition) is 2. The van der Waals surface area contributed by atoms with Gasteiger partial charge >= 0.3 is 6.09 Å². The van der Waals surface area contributed by atoms with Crippen LogP contribution in [0.2, 0.25) is 0 Å². The molecule has 2 atom stereocenters. The molecule has 2 N–H and O–H groups in total. The summed E-state index contributed by atoms with van der Waals surface area (Å²) in [5, 5.41) is 5.54. The number of ether oxygens (including phenoxy) is 3. The van der Waals surface area contributed by atoms with Crippen molar-refractivity contribution in [3.05, 3.63) is 53.6 Å². The first kappa shape index (κ1) is 24.4. The van der Waals surface area contributed by atoms with Crippen molar-refractivity contribution in [1.82, 2.24) is 10.2 Å². The van der Waals surface area contributed by atoms with Crippen LogP contribution in [0.15, 0.2) is 42.5 Å². The molecule has 0 aromatic heterocycles. The quantitative estimate of drug-likeness (QED) is 0.694. The molecule has 9 nitrogen and oxygen atoms in total. The molecular weight excluding hydrogens is 450 g/mol. The summed E-state index contributed by atoms with van der Waals surface area (Å²) in [6, 6.07) is 11.2. The molecule has 4 rings (SSSR count). The maximum Gasteiger partial charge on any atom is 0.411 e. The zero-order valence-electron chi connectivity index (χ0n) is 20.4. The van der Waals surface area contributed by atoms with Crippen LogP contribution in [-0.4, -0.2) is 53.7 Å². The third-order valence-corrected chi connectivity index (χ3v) is 5.74. The SMILES string of the molecule is C[C@@H](NC(=O)[C@@H]1Cc2ccccc2CN1C(=O)OC(C)(C)C)C(=O)Nc1ccc2c(c1)OCCO2. The molecule has 35 heavy (non-hydrogen) atoms. The van der Waals surface area contributed by atoms with Gasteiger partial charge in [-0.1, -0.05) is 24.3 Å². The lowest BCUT2D eigenvalue weighted by molar-refractivity contribution is -0.130. The normalized spacial score (nSPS) is 17.6. The van der Waals surface area contributed by atoms with E-state index in [0.717, 1.165) is 11.1 Å². The van der Waals surface area contributed by atoms with Crippen molar-refractivity contribution in [1.29, 1.82) is 0 Å². The maximum atomic E-state index is 13.3. The van der Waals surface area contributed by atoms with Crippen LogP contribution in [0.5, 0.6) is 11.5 Å². The fraction of sp³-hybridized carbons (Fsp3) is 0.423. The summed E-state index contributed by atoms with van der Waals surface area (Å²) in [5.41, 5.74) is 1.78. The molecule has 0 fully saturated rings. The molecule has 0 aliphatic carbocycles. The van der Waals surface area contributed by atoms with Crippen LogP contribution in [0.4, 0.5) is 10.5 Å². The molecule has 2 aromatic carbocycles. The molecule has 186 valence electrons. The second-order valence-electron chi connectivity index (χ2n) is 9.67. The lowest BCUT2D eigenvalue weighted by Crippen LogP contribution is -2.56. The number of carbonyl (C=O) groups is 3. The van der Waals surface area contributed by atoms with Crippen LogP contribution in [0.25, 0.3) is 0 Å². The number of carbonyl (C=O) groups excluding carboxylic acids is 3.